The Kier molecular flexibility index (Phi) is 7.45. The van der Waals surface area contributed by atoms with Crippen molar-refractivity contribution < 1.29 is 17.9 Å². The molecule has 1 heterocycles. The molecule has 0 amide bonds. The first-order valence-electron chi connectivity index (χ1n) is 9.26. The summed E-state index contributed by atoms with van der Waals surface area (Å²) >= 11 is 0. The number of aromatic nitrogens is 2. The molecular weight excluding hydrogens is 355 g/mol. The molecule has 0 bridgehead atoms. The number of alkyl halides is 3. The van der Waals surface area contributed by atoms with Gasteiger partial charge in [0.25, 0.3) is 0 Å². The molecule has 0 spiro atoms. The zero-order valence-electron chi connectivity index (χ0n) is 16.0. The number of rotatable bonds is 9. The molecule has 2 aromatic rings. The average molecular weight is 381 g/mol. The highest BCUT2D eigenvalue weighted by Gasteiger charge is 2.36. The minimum absolute atomic E-state index is 0.0436. The second-order valence-corrected chi connectivity index (χ2v) is 6.42. The SMILES string of the molecule is CCCCOc1ncc(C(F)(F)F)c(N(C)c2ccc(CCCC)cc2)n1. The summed E-state index contributed by atoms with van der Waals surface area (Å²) in [4.78, 5) is 9.17. The van der Waals surface area contributed by atoms with Crippen LogP contribution >= 0.6 is 0 Å². The summed E-state index contributed by atoms with van der Waals surface area (Å²) in [5, 5.41) is 0. The number of hydrogen-bond acceptors (Lipinski definition) is 4. The number of benzene rings is 1. The van der Waals surface area contributed by atoms with Gasteiger partial charge in [-0.3, -0.25) is 0 Å². The molecule has 0 saturated carbocycles. The maximum Gasteiger partial charge on any atom is 0.421 e. The van der Waals surface area contributed by atoms with Crippen LogP contribution in [0.3, 0.4) is 0 Å². The van der Waals surface area contributed by atoms with Crippen LogP contribution in [0, 0.1) is 0 Å². The summed E-state index contributed by atoms with van der Waals surface area (Å²) in [5.74, 6) is -0.217. The maximum absolute atomic E-state index is 13.4. The molecule has 0 aliphatic carbocycles. The number of ether oxygens (including phenoxy) is 1. The van der Waals surface area contributed by atoms with Gasteiger partial charge in [-0.2, -0.15) is 18.2 Å². The van der Waals surface area contributed by atoms with Crippen LogP contribution in [0.25, 0.3) is 0 Å². The van der Waals surface area contributed by atoms with Crippen molar-refractivity contribution in [1.29, 1.82) is 0 Å². The Morgan fingerprint density at radius 3 is 2.30 bits per heavy atom. The fourth-order valence-corrected chi connectivity index (χ4v) is 2.58. The summed E-state index contributed by atoms with van der Waals surface area (Å²) in [7, 11) is 1.56. The van der Waals surface area contributed by atoms with E-state index in [0.717, 1.165) is 43.9 Å². The molecule has 1 aromatic carbocycles. The second kappa shape index (κ2) is 9.58. The van der Waals surface area contributed by atoms with Gasteiger partial charge in [0, 0.05) is 18.9 Å². The Labute approximate surface area is 158 Å². The zero-order valence-corrected chi connectivity index (χ0v) is 16.0. The number of unbranched alkanes of at least 4 members (excludes halogenated alkanes) is 2. The highest BCUT2D eigenvalue weighted by Crippen LogP contribution is 2.37. The van der Waals surface area contributed by atoms with Crippen molar-refractivity contribution in [1.82, 2.24) is 9.97 Å². The number of aryl methyl sites for hydroxylation is 1. The lowest BCUT2D eigenvalue weighted by Crippen LogP contribution is -2.19. The Morgan fingerprint density at radius 1 is 1.04 bits per heavy atom. The number of halogens is 3. The standard InChI is InChI=1S/C20H26F3N3O/c1-4-6-8-15-9-11-16(12-10-15)26(3)18-17(20(21,22)23)14-24-19(25-18)27-13-7-5-2/h9-12,14H,4-8,13H2,1-3H3. The van der Waals surface area contributed by atoms with Crippen molar-refractivity contribution in [2.75, 3.05) is 18.6 Å². The summed E-state index contributed by atoms with van der Waals surface area (Å²) in [6.45, 7) is 4.49. The smallest absolute Gasteiger partial charge is 0.421 e. The minimum Gasteiger partial charge on any atom is -0.463 e. The predicted octanol–water partition coefficient (Wildman–Crippen LogP) is 5.78. The lowest BCUT2D eigenvalue weighted by molar-refractivity contribution is -0.137. The fourth-order valence-electron chi connectivity index (χ4n) is 2.58. The molecule has 0 radical (unpaired) electrons. The summed E-state index contributed by atoms with van der Waals surface area (Å²) in [5.41, 5.74) is 0.901. The summed E-state index contributed by atoms with van der Waals surface area (Å²) in [6.07, 6.45) is 1.07. The van der Waals surface area contributed by atoms with E-state index in [1.54, 1.807) is 7.05 Å². The molecule has 7 heteroatoms. The van der Waals surface area contributed by atoms with Gasteiger partial charge < -0.3 is 9.64 Å². The van der Waals surface area contributed by atoms with E-state index in [-0.39, 0.29) is 11.8 Å². The summed E-state index contributed by atoms with van der Waals surface area (Å²) in [6, 6.07) is 7.46. The van der Waals surface area contributed by atoms with Gasteiger partial charge in [0.2, 0.25) is 0 Å². The number of hydrogen-bond donors (Lipinski definition) is 0. The van der Waals surface area contributed by atoms with E-state index in [1.165, 1.54) is 4.90 Å². The van der Waals surface area contributed by atoms with Gasteiger partial charge in [-0.1, -0.05) is 38.8 Å². The number of anilines is 2. The monoisotopic (exact) mass is 381 g/mol. The molecule has 2 rings (SSSR count). The molecule has 4 nitrogen and oxygen atoms in total. The molecular formula is C20H26F3N3O. The normalized spacial score (nSPS) is 11.5. The van der Waals surface area contributed by atoms with E-state index in [0.29, 0.717) is 12.3 Å². The van der Waals surface area contributed by atoms with E-state index < -0.39 is 11.7 Å². The first-order valence-corrected chi connectivity index (χ1v) is 9.26. The second-order valence-electron chi connectivity index (χ2n) is 6.42. The average Bonchev–Trinajstić information content (AvgIpc) is 2.65. The molecule has 0 saturated heterocycles. The topological polar surface area (TPSA) is 38.2 Å². The van der Waals surface area contributed by atoms with Gasteiger partial charge in [0.15, 0.2) is 5.82 Å². The van der Waals surface area contributed by atoms with Gasteiger partial charge in [0.1, 0.15) is 5.56 Å². The highest BCUT2D eigenvalue weighted by atomic mass is 19.4. The first kappa shape index (κ1) is 21.0. The molecule has 0 N–H and O–H groups in total. The van der Waals surface area contributed by atoms with Crippen LogP contribution in [0.15, 0.2) is 30.5 Å². The Hall–Kier alpha value is -2.31. The van der Waals surface area contributed by atoms with Crippen molar-refractivity contribution in [3.05, 3.63) is 41.6 Å². The van der Waals surface area contributed by atoms with Crippen LogP contribution < -0.4 is 9.64 Å². The van der Waals surface area contributed by atoms with Crippen LogP contribution in [-0.4, -0.2) is 23.6 Å². The van der Waals surface area contributed by atoms with E-state index in [4.69, 9.17) is 4.74 Å². The van der Waals surface area contributed by atoms with Crippen molar-refractivity contribution in [3.8, 4) is 6.01 Å². The molecule has 0 fully saturated rings. The molecule has 0 unspecified atom stereocenters. The third-order valence-corrected chi connectivity index (χ3v) is 4.24. The Morgan fingerprint density at radius 2 is 1.70 bits per heavy atom. The lowest BCUT2D eigenvalue weighted by atomic mass is 10.1. The van der Waals surface area contributed by atoms with E-state index in [2.05, 4.69) is 16.9 Å². The largest absolute Gasteiger partial charge is 0.463 e. The highest BCUT2D eigenvalue weighted by molar-refractivity contribution is 5.63. The van der Waals surface area contributed by atoms with Crippen LogP contribution in [0.1, 0.15) is 50.7 Å². The van der Waals surface area contributed by atoms with Crippen molar-refractivity contribution >= 4 is 11.5 Å². The Balaban J connectivity index is 2.30. The van der Waals surface area contributed by atoms with Gasteiger partial charge in [-0.05, 0) is 37.0 Å². The third-order valence-electron chi connectivity index (χ3n) is 4.24. The third kappa shape index (κ3) is 5.84. The quantitative estimate of drug-likeness (QED) is 0.516. The predicted molar refractivity (Wildman–Crippen MR) is 101 cm³/mol. The van der Waals surface area contributed by atoms with Crippen LogP contribution in [0.5, 0.6) is 6.01 Å². The van der Waals surface area contributed by atoms with Crippen LogP contribution in [-0.2, 0) is 12.6 Å². The van der Waals surface area contributed by atoms with E-state index in [1.807, 2.05) is 31.2 Å². The lowest BCUT2D eigenvalue weighted by Gasteiger charge is -2.22. The fraction of sp³-hybridized carbons (Fsp3) is 0.500. The summed E-state index contributed by atoms with van der Waals surface area (Å²) < 4.78 is 45.6. The number of nitrogens with zero attached hydrogens (tertiary/aromatic N) is 3. The molecule has 148 valence electrons. The van der Waals surface area contributed by atoms with Crippen molar-refractivity contribution in [2.45, 2.75) is 52.1 Å². The molecule has 27 heavy (non-hydrogen) atoms. The van der Waals surface area contributed by atoms with E-state index in [9.17, 15) is 13.2 Å². The first-order chi connectivity index (χ1) is 12.9. The van der Waals surface area contributed by atoms with Gasteiger partial charge in [-0.25, -0.2) is 4.98 Å². The zero-order chi connectivity index (χ0) is 19.9. The molecule has 0 aliphatic rings. The van der Waals surface area contributed by atoms with Crippen molar-refractivity contribution in [3.63, 3.8) is 0 Å². The van der Waals surface area contributed by atoms with Crippen molar-refractivity contribution in [2.24, 2.45) is 0 Å². The molecule has 1 aromatic heterocycles. The van der Waals surface area contributed by atoms with Gasteiger partial charge in [-0.15, -0.1) is 0 Å². The van der Waals surface area contributed by atoms with Crippen LogP contribution in [0.4, 0.5) is 24.7 Å². The molecule has 0 aliphatic heterocycles. The minimum atomic E-state index is -4.55. The maximum atomic E-state index is 13.4. The molecule has 0 atom stereocenters. The van der Waals surface area contributed by atoms with E-state index >= 15 is 0 Å². The van der Waals surface area contributed by atoms with Crippen LogP contribution in [0.2, 0.25) is 0 Å². The van der Waals surface area contributed by atoms with Gasteiger partial charge >= 0.3 is 12.2 Å². The van der Waals surface area contributed by atoms with Gasteiger partial charge in [0.05, 0.1) is 6.61 Å². The Bertz CT molecular complexity index is 717.